The molecule has 3 nitrogen and oxygen atoms in total. The quantitative estimate of drug-likeness (QED) is 0.171. The first kappa shape index (κ1) is 20.0. The molecule has 2 aliphatic heterocycles. The van der Waals surface area contributed by atoms with Gasteiger partial charge >= 0.3 is 0 Å². The monoisotopic (exact) mass is 498 g/mol. The zero-order chi connectivity index (χ0) is 25.3. The molecule has 0 saturated carbocycles. The Morgan fingerprint density at radius 1 is 0.590 bits per heavy atom. The largest absolute Gasteiger partial charge is 0.456 e. The van der Waals surface area contributed by atoms with Gasteiger partial charge in [-0.2, -0.15) is 9.13 Å². The van der Waals surface area contributed by atoms with E-state index in [1.807, 2.05) is 0 Å². The standard InChI is InChI=1S/C36H22N2O/c1-2-8-22(9-3-1)23-15-17-29-26-10-4-5-13-27(26)36(21-37(29)20-23)28-16-18-31-34-32-24(11-6-14-30(32)39-31)25-12-7-19-38(36)35(25)33(28)34/h1-20H,21H2/q+2/t36-/m1/s1. The molecule has 5 heterocycles. The average Bonchev–Trinajstić information content (AvgIpc) is 3.51. The zero-order valence-electron chi connectivity index (χ0n) is 21.1. The smallest absolute Gasteiger partial charge is 0.278 e. The van der Waals surface area contributed by atoms with Crippen LogP contribution in [0.3, 0.4) is 0 Å². The van der Waals surface area contributed by atoms with Crippen molar-refractivity contribution in [1.29, 1.82) is 0 Å². The molecule has 0 unspecified atom stereocenters. The molecule has 0 radical (unpaired) electrons. The Morgan fingerprint density at radius 3 is 2.38 bits per heavy atom. The molecule has 3 heteroatoms. The van der Waals surface area contributed by atoms with E-state index in [1.165, 1.54) is 66.0 Å². The molecule has 39 heavy (non-hydrogen) atoms. The van der Waals surface area contributed by atoms with E-state index in [9.17, 15) is 0 Å². The Hall–Kier alpha value is -5.02. The summed E-state index contributed by atoms with van der Waals surface area (Å²) < 4.78 is 11.5. The van der Waals surface area contributed by atoms with Crippen LogP contribution in [0.1, 0.15) is 11.1 Å². The fourth-order valence-electron chi connectivity index (χ4n) is 7.71. The van der Waals surface area contributed by atoms with Gasteiger partial charge in [0.15, 0.2) is 12.4 Å². The molecule has 5 aromatic carbocycles. The minimum absolute atomic E-state index is 0.371. The maximum absolute atomic E-state index is 6.42. The maximum atomic E-state index is 6.42. The van der Waals surface area contributed by atoms with Gasteiger partial charge in [0.05, 0.1) is 16.3 Å². The molecular formula is C36H22N2O+2. The molecule has 3 aromatic heterocycles. The second kappa shape index (κ2) is 6.69. The normalized spacial score (nSPS) is 17.2. The molecule has 0 N–H and O–H groups in total. The summed E-state index contributed by atoms with van der Waals surface area (Å²) in [6, 6.07) is 39.7. The van der Waals surface area contributed by atoms with Crippen LogP contribution < -0.4 is 9.13 Å². The Balaban J connectivity index is 1.37. The molecule has 0 fully saturated rings. The lowest BCUT2D eigenvalue weighted by molar-refractivity contribution is -0.798. The predicted octanol–water partition coefficient (Wildman–Crippen LogP) is 7.36. The van der Waals surface area contributed by atoms with Crippen molar-refractivity contribution in [1.82, 2.24) is 0 Å². The summed E-state index contributed by atoms with van der Waals surface area (Å²) in [5, 5.41) is 6.39. The fourth-order valence-corrected chi connectivity index (χ4v) is 7.71. The van der Waals surface area contributed by atoms with Gasteiger partial charge in [-0.15, -0.1) is 0 Å². The summed E-state index contributed by atoms with van der Waals surface area (Å²) >= 11 is 0. The van der Waals surface area contributed by atoms with E-state index in [0.717, 1.165) is 17.7 Å². The van der Waals surface area contributed by atoms with Gasteiger partial charge in [0.25, 0.3) is 5.54 Å². The second-order valence-corrected chi connectivity index (χ2v) is 11.0. The molecule has 0 saturated heterocycles. The van der Waals surface area contributed by atoms with Crippen LogP contribution in [-0.2, 0) is 12.1 Å². The van der Waals surface area contributed by atoms with E-state index in [1.54, 1.807) is 0 Å². The third-order valence-electron chi connectivity index (χ3n) is 9.22. The van der Waals surface area contributed by atoms with Gasteiger partial charge in [-0.1, -0.05) is 60.7 Å². The average molecular weight is 499 g/mol. The van der Waals surface area contributed by atoms with Gasteiger partial charge in [0, 0.05) is 45.0 Å². The Morgan fingerprint density at radius 2 is 1.44 bits per heavy atom. The lowest BCUT2D eigenvalue weighted by atomic mass is 9.76. The summed E-state index contributed by atoms with van der Waals surface area (Å²) in [6.45, 7) is 0.816. The first-order valence-electron chi connectivity index (χ1n) is 13.6. The third-order valence-corrected chi connectivity index (χ3v) is 9.22. The molecule has 0 aliphatic carbocycles. The number of fused-ring (bicyclic) bond motifs is 7. The number of pyridine rings is 2. The lowest BCUT2D eigenvalue weighted by Gasteiger charge is -2.29. The molecule has 8 aromatic rings. The van der Waals surface area contributed by atoms with Crippen LogP contribution in [-0.4, -0.2) is 0 Å². The van der Waals surface area contributed by atoms with Gasteiger partial charge in [-0.05, 0) is 42.0 Å². The van der Waals surface area contributed by atoms with Crippen molar-refractivity contribution < 1.29 is 13.6 Å². The molecule has 0 bridgehead atoms. The minimum Gasteiger partial charge on any atom is -0.456 e. The summed E-state index contributed by atoms with van der Waals surface area (Å²) in [7, 11) is 0. The van der Waals surface area contributed by atoms with Gasteiger partial charge < -0.3 is 4.42 Å². The summed E-state index contributed by atoms with van der Waals surface area (Å²) in [4.78, 5) is 0. The lowest BCUT2D eigenvalue weighted by Crippen LogP contribution is -2.65. The first-order chi connectivity index (χ1) is 19.3. The first-order valence-corrected chi connectivity index (χ1v) is 13.6. The predicted molar refractivity (Wildman–Crippen MR) is 154 cm³/mol. The molecule has 1 spiro atoms. The van der Waals surface area contributed by atoms with Gasteiger partial charge in [0.2, 0.25) is 17.8 Å². The highest BCUT2D eigenvalue weighted by atomic mass is 16.3. The summed E-state index contributed by atoms with van der Waals surface area (Å²) in [5.41, 5.74) is 10.6. The molecule has 2 aliphatic rings. The van der Waals surface area contributed by atoms with E-state index in [4.69, 9.17) is 4.42 Å². The Bertz CT molecular complexity index is 2310. The van der Waals surface area contributed by atoms with Crippen LogP contribution in [0.2, 0.25) is 0 Å². The van der Waals surface area contributed by atoms with Crippen LogP contribution in [0.15, 0.2) is 126 Å². The number of aromatic nitrogens is 2. The van der Waals surface area contributed by atoms with Crippen molar-refractivity contribution in [2.75, 3.05) is 0 Å². The zero-order valence-corrected chi connectivity index (χ0v) is 21.1. The van der Waals surface area contributed by atoms with Crippen LogP contribution >= 0.6 is 0 Å². The highest BCUT2D eigenvalue weighted by Gasteiger charge is 2.58. The number of benzene rings is 5. The van der Waals surface area contributed by atoms with Crippen molar-refractivity contribution in [2.45, 2.75) is 12.1 Å². The van der Waals surface area contributed by atoms with Crippen molar-refractivity contribution >= 4 is 43.6 Å². The molecular weight excluding hydrogens is 476 g/mol. The highest BCUT2D eigenvalue weighted by Crippen LogP contribution is 2.51. The van der Waals surface area contributed by atoms with Gasteiger partial charge in [0.1, 0.15) is 11.2 Å². The van der Waals surface area contributed by atoms with Crippen molar-refractivity contribution in [3.63, 3.8) is 0 Å². The Kier molecular flexibility index (Phi) is 3.43. The molecule has 1 atom stereocenters. The number of hydrogen-bond donors (Lipinski definition) is 0. The molecule has 10 rings (SSSR count). The van der Waals surface area contributed by atoms with E-state index in [-0.39, 0.29) is 5.54 Å². The number of furan rings is 1. The second-order valence-electron chi connectivity index (χ2n) is 11.0. The van der Waals surface area contributed by atoms with E-state index in [0.29, 0.717) is 0 Å². The number of nitrogens with zero attached hydrogens (tertiary/aromatic N) is 2. The number of rotatable bonds is 1. The van der Waals surface area contributed by atoms with Crippen molar-refractivity contribution in [2.24, 2.45) is 0 Å². The van der Waals surface area contributed by atoms with E-state index in [2.05, 4.69) is 131 Å². The highest BCUT2D eigenvalue weighted by molar-refractivity contribution is 6.32. The van der Waals surface area contributed by atoms with Crippen LogP contribution in [0.25, 0.3) is 66.0 Å². The topological polar surface area (TPSA) is 20.9 Å². The van der Waals surface area contributed by atoms with Crippen LogP contribution in [0, 0.1) is 0 Å². The van der Waals surface area contributed by atoms with Crippen LogP contribution in [0.4, 0.5) is 0 Å². The van der Waals surface area contributed by atoms with E-state index >= 15 is 0 Å². The Labute approximate surface area is 224 Å². The SMILES string of the molecule is c1ccc(-c2ccc3[n+](c2)C[C@@]2(c4ccccc4-3)c3ccc4oc5cccc6c7ccc[n+]2c7c3c4c56)cc1. The van der Waals surface area contributed by atoms with Crippen molar-refractivity contribution in [3.05, 3.63) is 133 Å². The van der Waals surface area contributed by atoms with Gasteiger partial charge in [-0.25, -0.2) is 0 Å². The van der Waals surface area contributed by atoms with E-state index < -0.39 is 0 Å². The maximum Gasteiger partial charge on any atom is 0.278 e. The minimum atomic E-state index is -0.371. The molecule has 180 valence electrons. The van der Waals surface area contributed by atoms with Gasteiger partial charge in [-0.3, -0.25) is 0 Å². The fraction of sp³-hybridized carbons (Fsp3) is 0.0556. The van der Waals surface area contributed by atoms with Crippen molar-refractivity contribution in [3.8, 4) is 22.4 Å². The van der Waals surface area contributed by atoms with Crippen LogP contribution in [0.5, 0.6) is 0 Å². The number of hydrogen-bond acceptors (Lipinski definition) is 1. The summed E-state index contributed by atoms with van der Waals surface area (Å²) in [5.74, 6) is 0. The molecule has 0 amide bonds. The third kappa shape index (κ3) is 2.24. The summed E-state index contributed by atoms with van der Waals surface area (Å²) in [6.07, 6.45) is 4.63.